The number of nitrogens with zero attached hydrogens (tertiary/aromatic N) is 4. The molecule has 3 rings (SSSR count). The third-order valence-electron chi connectivity index (χ3n) is 3.88. The minimum Gasteiger partial charge on any atom is -0.326 e. The SMILES string of the molecule is NCc1ccc(F)cc1CSc1nnnn1C1CCCC1. The van der Waals surface area contributed by atoms with Crippen molar-refractivity contribution in [2.45, 2.75) is 49.2 Å². The van der Waals surface area contributed by atoms with Gasteiger partial charge in [-0.15, -0.1) is 5.10 Å². The van der Waals surface area contributed by atoms with Crippen LogP contribution in [0.2, 0.25) is 0 Å². The van der Waals surface area contributed by atoms with Gasteiger partial charge in [-0.25, -0.2) is 9.07 Å². The van der Waals surface area contributed by atoms with E-state index in [1.165, 1.54) is 30.7 Å². The zero-order valence-corrected chi connectivity index (χ0v) is 12.5. The van der Waals surface area contributed by atoms with Gasteiger partial charge in [-0.1, -0.05) is 30.7 Å². The molecule has 112 valence electrons. The first-order chi connectivity index (χ1) is 10.3. The molecular formula is C14H18FN5S. The monoisotopic (exact) mass is 307 g/mol. The third kappa shape index (κ3) is 3.24. The molecule has 2 aromatic rings. The molecular weight excluding hydrogens is 289 g/mol. The molecule has 21 heavy (non-hydrogen) atoms. The molecule has 1 aromatic carbocycles. The number of halogens is 1. The number of nitrogens with two attached hydrogens (primary N) is 1. The van der Waals surface area contributed by atoms with Crippen molar-refractivity contribution < 1.29 is 4.39 Å². The van der Waals surface area contributed by atoms with Crippen LogP contribution < -0.4 is 5.73 Å². The summed E-state index contributed by atoms with van der Waals surface area (Å²) in [5.41, 5.74) is 7.57. The van der Waals surface area contributed by atoms with Crippen LogP contribution in [0.1, 0.15) is 42.9 Å². The maximum atomic E-state index is 13.4. The van der Waals surface area contributed by atoms with Crippen LogP contribution in [0.4, 0.5) is 4.39 Å². The molecule has 1 heterocycles. The standard InChI is InChI=1S/C14H18FN5S/c15-12-6-5-10(8-16)11(7-12)9-21-14-17-18-19-20(14)13-3-1-2-4-13/h5-7,13H,1-4,8-9,16H2. The summed E-state index contributed by atoms with van der Waals surface area (Å²) in [6.45, 7) is 0.406. The predicted octanol–water partition coefficient (Wildman–Crippen LogP) is 2.68. The van der Waals surface area contributed by atoms with Crippen LogP contribution in [0.5, 0.6) is 0 Å². The highest BCUT2D eigenvalue weighted by Gasteiger charge is 2.21. The van der Waals surface area contributed by atoms with Crippen molar-refractivity contribution in [2.75, 3.05) is 0 Å². The Morgan fingerprint density at radius 1 is 1.29 bits per heavy atom. The normalized spacial score (nSPS) is 15.7. The Kier molecular flexibility index (Phi) is 4.50. The van der Waals surface area contributed by atoms with E-state index in [0.29, 0.717) is 18.3 Å². The summed E-state index contributed by atoms with van der Waals surface area (Å²) in [5, 5.41) is 12.8. The van der Waals surface area contributed by atoms with Crippen LogP contribution in [0.15, 0.2) is 23.4 Å². The fourth-order valence-electron chi connectivity index (χ4n) is 2.73. The highest BCUT2D eigenvalue weighted by molar-refractivity contribution is 7.98. The average molecular weight is 307 g/mol. The summed E-state index contributed by atoms with van der Waals surface area (Å²) < 4.78 is 15.3. The van der Waals surface area contributed by atoms with Gasteiger partial charge in [0.05, 0.1) is 6.04 Å². The van der Waals surface area contributed by atoms with Crippen molar-refractivity contribution >= 4 is 11.8 Å². The molecule has 0 bridgehead atoms. The van der Waals surface area contributed by atoms with E-state index in [-0.39, 0.29) is 5.82 Å². The molecule has 0 spiro atoms. The molecule has 1 aromatic heterocycles. The predicted molar refractivity (Wildman–Crippen MR) is 79.2 cm³/mol. The molecule has 2 N–H and O–H groups in total. The van der Waals surface area contributed by atoms with E-state index in [0.717, 1.165) is 29.1 Å². The van der Waals surface area contributed by atoms with E-state index in [9.17, 15) is 4.39 Å². The summed E-state index contributed by atoms with van der Waals surface area (Å²) in [6, 6.07) is 5.13. The summed E-state index contributed by atoms with van der Waals surface area (Å²) in [5.74, 6) is 0.385. The summed E-state index contributed by atoms with van der Waals surface area (Å²) in [6.07, 6.45) is 4.73. The van der Waals surface area contributed by atoms with Gasteiger partial charge in [0.15, 0.2) is 0 Å². The van der Waals surface area contributed by atoms with Gasteiger partial charge >= 0.3 is 0 Å². The second kappa shape index (κ2) is 6.53. The lowest BCUT2D eigenvalue weighted by Gasteiger charge is -2.11. The maximum Gasteiger partial charge on any atom is 0.209 e. The molecule has 1 aliphatic rings. The number of benzene rings is 1. The molecule has 0 unspecified atom stereocenters. The number of aromatic nitrogens is 4. The Balaban J connectivity index is 1.73. The van der Waals surface area contributed by atoms with Crippen molar-refractivity contribution in [3.63, 3.8) is 0 Å². The van der Waals surface area contributed by atoms with Gasteiger partial charge in [0.2, 0.25) is 5.16 Å². The molecule has 1 saturated carbocycles. The van der Waals surface area contributed by atoms with Crippen molar-refractivity contribution in [3.05, 3.63) is 35.1 Å². The summed E-state index contributed by atoms with van der Waals surface area (Å²) >= 11 is 1.54. The highest BCUT2D eigenvalue weighted by atomic mass is 32.2. The Hall–Kier alpha value is -1.47. The Morgan fingerprint density at radius 2 is 2.10 bits per heavy atom. The summed E-state index contributed by atoms with van der Waals surface area (Å²) in [7, 11) is 0. The topological polar surface area (TPSA) is 69.6 Å². The van der Waals surface area contributed by atoms with Crippen LogP contribution in [-0.2, 0) is 12.3 Å². The molecule has 1 aliphatic carbocycles. The van der Waals surface area contributed by atoms with E-state index in [1.807, 2.05) is 4.68 Å². The molecule has 0 atom stereocenters. The van der Waals surface area contributed by atoms with Gasteiger partial charge < -0.3 is 5.73 Å². The van der Waals surface area contributed by atoms with E-state index in [4.69, 9.17) is 5.73 Å². The molecule has 0 aliphatic heterocycles. The fraction of sp³-hybridized carbons (Fsp3) is 0.500. The lowest BCUT2D eigenvalue weighted by molar-refractivity contribution is 0.423. The van der Waals surface area contributed by atoms with Crippen molar-refractivity contribution in [1.82, 2.24) is 20.2 Å². The van der Waals surface area contributed by atoms with E-state index in [2.05, 4.69) is 15.5 Å². The number of tetrazole rings is 1. The number of hydrogen-bond donors (Lipinski definition) is 1. The average Bonchev–Trinajstić information content (AvgIpc) is 3.16. The molecule has 0 radical (unpaired) electrons. The molecule has 0 saturated heterocycles. The summed E-state index contributed by atoms with van der Waals surface area (Å²) in [4.78, 5) is 0. The number of thioether (sulfide) groups is 1. The van der Waals surface area contributed by atoms with Gasteiger partial charge in [0.25, 0.3) is 0 Å². The van der Waals surface area contributed by atoms with Crippen molar-refractivity contribution in [3.8, 4) is 0 Å². The van der Waals surface area contributed by atoms with Crippen LogP contribution in [-0.4, -0.2) is 20.2 Å². The zero-order chi connectivity index (χ0) is 14.7. The lowest BCUT2D eigenvalue weighted by atomic mass is 10.1. The molecule has 0 amide bonds. The van der Waals surface area contributed by atoms with Crippen LogP contribution in [0.3, 0.4) is 0 Å². The smallest absolute Gasteiger partial charge is 0.209 e. The van der Waals surface area contributed by atoms with Gasteiger partial charge in [-0.2, -0.15) is 0 Å². The van der Waals surface area contributed by atoms with Gasteiger partial charge in [-0.05, 0) is 46.5 Å². The minimum atomic E-state index is -0.238. The molecule has 7 heteroatoms. The van der Waals surface area contributed by atoms with E-state index < -0.39 is 0 Å². The van der Waals surface area contributed by atoms with Gasteiger partial charge in [0.1, 0.15) is 5.82 Å². The first-order valence-electron chi connectivity index (χ1n) is 7.16. The zero-order valence-electron chi connectivity index (χ0n) is 11.7. The van der Waals surface area contributed by atoms with Crippen molar-refractivity contribution in [2.24, 2.45) is 5.73 Å². The maximum absolute atomic E-state index is 13.4. The van der Waals surface area contributed by atoms with Gasteiger partial charge in [0, 0.05) is 12.3 Å². The van der Waals surface area contributed by atoms with Crippen molar-refractivity contribution in [1.29, 1.82) is 0 Å². The minimum absolute atomic E-state index is 0.238. The number of rotatable bonds is 5. The van der Waals surface area contributed by atoms with E-state index in [1.54, 1.807) is 12.1 Å². The van der Waals surface area contributed by atoms with E-state index >= 15 is 0 Å². The second-order valence-corrected chi connectivity index (χ2v) is 6.19. The Morgan fingerprint density at radius 3 is 2.86 bits per heavy atom. The third-order valence-corrected chi connectivity index (χ3v) is 4.86. The first-order valence-corrected chi connectivity index (χ1v) is 8.14. The molecule has 5 nitrogen and oxygen atoms in total. The van der Waals surface area contributed by atoms with Gasteiger partial charge in [-0.3, -0.25) is 0 Å². The number of hydrogen-bond acceptors (Lipinski definition) is 5. The largest absolute Gasteiger partial charge is 0.326 e. The first kappa shape index (κ1) is 14.5. The Labute approximate surface area is 127 Å². The quantitative estimate of drug-likeness (QED) is 0.860. The second-order valence-electron chi connectivity index (χ2n) is 5.25. The van der Waals surface area contributed by atoms with Crippen LogP contribution in [0, 0.1) is 5.82 Å². The lowest BCUT2D eigenvalue weighted by Crippen LogP contribution is -2.08. The highest BCUT2D eigenvalue weighted by Crippen LogP contribution is 2.32. The van der Waals surface area contributed by atoms with Crippen LogP contribution in [0.25, 0.3) is 0 Å². The van der Waals surface area contributed by atoms with Crippen LogP contribution >= 0.6 is 11.8 Å². The molecule has 1 fully saturated rings. The Bertz CT molecular complexity index is 609. The fourth-order valence-corrected chi connectivity index (χ4v) is 3.69.